The van der Waals surface area contributed by atoms with Crippen LogP contribution in [0.1, 0.15) is 42.1 Å². The lowest BCUT2D eigenvalue weighted by atomic mass is 9.92. The van der Waals surface area contributed by atoms with Gasteiger partial charge >= 0.3 is 31.2 Å². The zero-order valence-corrected chi connectivity index (χ0v) is 22.4. The van der Waals surface area contributed by atoms with Crippen LogP contribution < -0.4 is 4.18 Å². The van der Waals surface area contributed by atoms with E-state index in [2.05, 4.69) is 9.28 Å². The minimum atomic E-state index is -5.99. The molecule has 1 fully saturated rings. The minimum Gasteiger partial charge on any atom is -0.376 e. The molecule has 4 rings (SSSR count). The number of aryl methyl sites for hydroxylation is 1. The van der Waals surface area contributed by atoms with E-state index < -0.39 is 54.8 Å². The van der Waals surface area contributed by atoms with Crippen LogP contribution in [0.3, 0.4) is 0 Å². The summed E-state index contributed by atoms with van der Waals surface area (Å²) in [6.45, 7) is 0.0606. The van der Waals surface area contributed by atoms with Gasteiger partial charge < -0.3 is 9.08 Å². The number of nitrogens with zero attached hydrogens (tertiary/aromatic N) is 3. The molecule has 1 aliphatic carbocycles. The van der Waals surface area contributed by atoms with E-state index >= 15 is 0 Å². The van der Waals surface area contributed by atoms with Crippen molar-refractivity contribution in [2.75, 3.05) is 6.54 Å². The van der Waals surface area contributed by atoms with E-state index in [1.54, 1.807) is 0 Å². The highest BCUT2D eigenvalue weighted by molar-refractivity contribution is 7.90. The Hall–Kier alpha value is -2.24. The second-order valence-electron chi connectivity index (χ2n) is 8.83. The van der Waals surface area contributed by atoms with Gasteiger partial charge in [-0.05, 0) is 43.2 Å². The van der Waals surface area contributed by atoms with Gasteiger partial charge in [0.1, 0.15) is 5.75 Å². The van der Waals surface area contributed by atoms with Gasteiger partial charge in [0.15, 0.2) is 0 Å². The molecule has 1 aromatic heterocycles. The van der Waals surface area contributed by atoms with Gasteiger partial charge in [-0.1, -0.05) is 23.2 Å². The molecule has 1 amide bonds. The van der Waals surface area contributed by atoms with E-state index in [1.807, 2.05) is 0 Å². The lowest BCUT2D eigenvalue weighted by Gasteiger charge is -2.32. The Morgan fingerprint density at radius 2 is 1.62 bits per heavy atom. The SMILES string of the molecule is O=C1[C@H](Cc2c(Cl)cc(OS(=O)(=O)C(F)(F)F)cc2Cl)CCN1C1CCCc2cnn(S(=O)(=O)C(F)(F)F)c21. The Morgan fingerprint density at radius 1 is 1.00 bits per heavy atom. The smallest absolute Gasteiger partial charge is 0.376 e. The van der Waals surface area contributed by atoms with Crippen LogP contribution in [0.15, 0.2) is 18.3 Å². The van der Waals surface area contributed by atoms with Crippen molar-refractivity contribution in [3.63, 3.8) is 0 Å². The summed E-state index contributed by atoms with van der Waals surface area (Å²) in [6.07, 6.45) is 1.99. The van der Waals surface area contributed by atoms with Gasteiger partial charge in [0, 0.05) is 34.6 Å². The van der Waals surface area contributed by atoms with Crippen LogP contribution in [0.25, 0.3) is 0 Å². The highest BCUT2D eigenvalue weighted by atomic mass is 35.5. The summed E-state index contributed by atoms with van der Waals surface area (Å²) in [5.74, 6) is -2.15. The predicted molar refractivity (Wildman–Crippen MR) is 124 cm³/mol. The number of carbonyl (C=O) groups excluding carboxylic acids is 1. The topological polar surface area (TPSA) is 116 Å². The predicted octanol–water partition coefficient (Wildman–Crippen LogP) is 4.58. The molecule has 0 N–H and O–H groups in total. The van der Waals surface area contributed by atoms with E-state index in [4.69, 9.17) is 23.2 Å². The van der Waals surface area contributed by atoms with Crippen LogP contribution in [0.2, 0.25) is 10.0 Å². The van der Waals surface area contributed by atoms with Crippen molar-refractivity contribution in [2.45, 2.75) is 49.2 Å². The third kappa shape index (κ3) is 5.41. The first-order valence-electron chi connectivity index (χ1n) is 11.0. The lowest BCUT2D eigenvalue weighted by Crippen LogP contribution is -2.38. The summed E-state index contributed by atoms with van der Waals surface area (Å²) >= 11 is 12.2. The maximum absolute atomic E-state index is 13.3. The average molecular weight is 644 g/mol. The molecule has 1 aromatic carbocycles. The molecule has 0 bridgehead atoms. The summed E-state index contributed by atoms with van der Waals surface area (Å²) in [5.41, 5.74) is -11.2. The summed E-state index contributed by atoms with van der Waals surface area (Å²) in [7, 11) is -11.8. The molecule has 0 radical (unpaired) electrons. The summed E-state index contributed by atoms with van der Waals surface area (Å²) in [6, 6.07) is 0.578. The molecule has 0 saturated carbocycles. The number of aromatic nitrogens is 2. The lowest BCUT2D eigenvalue weighted by molar-refractivity contribution is -0.133. The van der Waals surface area contributed by atoms with Gasteiger partial charge in [-0.15, -0.1) is 0 Å². The zero-order chi connectivity index (χ0) is 29.1. The third-order valence-electron chi connectivity index (χ3n) is 6.39. The van der Waals surface area contributed by atoms with Crippen molar-refractivity contribution in [1.82, 2.24) is 14.1 Å². The van der Waals surface area contributed by atoms with Crippen LogP contribution in [-0.4, -0.2) is 54.4 Å². The number of likely N-dealkylation sites (tertiary alicyclic amines) is 1. The quantitative estimate of drug-likeness (QED) is 0.257. The molecule has 216 valence electrons. The Kier molecular flexibility index (Phi) is 7.62. The number of hydrogen-bond acceptors (Lipinski definition) is 7. The molecule has 9 nitrogen and oxygen atoms in total. The second-order valence-corrected chi connectivity index (χ2v) is 12.9. The monoisotopic (exact) mass is 643 g/mol. The Bertz CT molecular complexity index is 1500. The molecular weight excluding hydrogens is 627 g/mol. The molecule has 2 heterocycles. The van der Waals surface area contributed by atoms with Crippen LogP contribution in [0.5, 0.6) is 5.75 Å². The van der Waals surface area contributed by atoms with Gasteiger partial charge in [-0.3, -0.25) is 4.79 Å². The number of alkyl halides is 6. The van der Waals surface area contributed by atoms with Gasteiger partial charge in [-0.2, -0.15) is 52.4 Å². The molecule has 1 aliphatic heterocycles. The van der Waals surface area contributed by atoms with Crippen molar-refractivity contribution >= 4 is 49.3 Å². The van der Waals surface area contributed by atoms with Crippen molar-refractivity contribution in [1.29, 1.82) is 0 Å². The van der Waals surface area contributed by atoms with E-state index in [1.165, 1.54) is 4.90 Å². The van der Waals surface area contributed by atoms with Crippen LogP contribution in [0.4, 0.5) is 26.3 Å². The summed E-state index contributed by atoms with van der Waals surface area (Å²) < 4.78 is 128. The Balaban J connectivity index is 1.58. The normalized spacial score (nSPS) is 20.8. The van der Waals surface area contributed by atoms with Crippen molar-refractivity contribution in [3.8, 4) is 5.75 Å². The molecule has 2 aliphatic rings. The van der Waals surface area contributed by atoms with Gasteiger partial charge in [-0.25, -0.2) is 0 Å². The molecule has 0 spiro atoms. The fraction of sp³-hybridized carbons (Fsp3) is 0.500. The summed E-state index contributed by atoms with van der Waals surface area (Å²) in [5, 5.41) is 2.89. The first kappa shape index (κ1) is 29.7. The minimum absolute atomic E-state index is 0.0606. The van der Waals surface area contributed by atoms with Gasteiger partial charge in [0.2, 0.25) is 5.91 Å². The fourth-order valence-corrected chi connectivity index (χ4v) is 6.56. The number of rotatable bonds is 6. The van der Waals surface area contributed by atoms with Crippen molar-refractivity contribution < 1.29 is 52.2 Å². The number of amides is 1. The molecule has 1 saturated heterocycles. The molecule has 2 aromatic rings. The highest BCUT2D eigenvalue weighted by Gasteiger charge is 2.51. The van der Waals surface area contributed by atoms with Crippen LogP contribution >= 0.6 is 23.2 Å². The maximum Gasteiger partial charge on any atom is 0.534 e. The first-order chi connectivity index (χ1) is 17.8. The molecule has 2 atom stereocenters. The molecule has 1 unspecified atom stereocenters. The Labute approximate surface area is 227 Å². The molecule has 19 heteroatoms. The number of hydrogen-bond donors (Lipinski definition) is 0. The highest BCUT2D eigenvalue weighted by Crippen LogP contribution is 2.42. The molecule has 39 heavy (non-hydrogen) atoms. The van der Waals surface area contributed by atoms with E-state index in [9.17, 15) is 48.0 Å². The average Bonchev–Trinajstić information content (AvgIpc) is 3.38. The fourth-order valence-electron chi connectivity index (χ4n) is 4.63. The van der Waals surface area contributed by atoms with Gasteiger partial charge in [0.25, 0.3) is 0 Å². The van der Waals surface area contributed by atoms with E-state index in [-0.39, 0.29) is 63.2 Å². The van der Waals surface area contributed by atoms with Gasteiger partial charge in [0.05, 0.1) is 17.9 Å². The van der Waals surface area contributed by atoms with E-state index in [0.29, 0.717) is 6.42 Å². The summed E-state index contributed by atoms with van der Waals surface area (Å²) in [4.78, 5) is 14.6. The largest absolute Gasteiger partial charge is 0.534 e. The van der Waals surface area contributed by atoms with Crippen LogP contribution in [0, 0.1) is 5.92 Å². The standard InChI is InChI=1S/C20H17Cl2F6N3O6S2/c21-14-7-12(37-39(35,36)20(26,27)28)8-15(22)13(14)6-10-4-5-30(18(10)32)16-3-1-2-11-9-29-31(17(11)16)38(33,34)19(23,24)25/h7-10,16H,1-6H2/t10-,16?/m0/s1. The second kappa shape index (κ2) is 9.99. The maximum atomic E-state index is 13.3. The Morgan fingerprint density at radius 3 is 2.18 bits per heavy atom. The van der Waals surface area contributed by atoms with Crippen molar-refractivity contribution in [3.05, 3.63) is 45.2 Å². The zero-order valence-electron chi connectivity index (χ0n) is 19.3. The van der Waals surface area contributed by atoms with Crippen LogP contribution in [-0.2, 0) is 37.8 Å². The first-order valence-corrected chi connectivity index (χ1v) is 14.6. The number of halogens is 8. The number of benzene rings is 1. The van der Waals surface area contributed by atoms with Crippen molar-refractivity contribution in [2.24, 2.45) is 5.92 Å². The third-order valence-corrected chi connectivity index (χ3v) is 9.38. The van der Waals surface area contributed by atoms with E-state index in [0.717, 1.165) is 18.3 Å². The molecular formula is C20H17Cl2F6N3O6S2. The number of carbonyl (C=O) groups is 1. The number of fused-ring (bicyclic) bond motifs is 1.